The fourth-order valence-corrected chi connectivity index (χ4v) is 1.19. The van der Waals surface area contributed by atoms with E-state index in [-0.39, 0.29) is 0 Å². The number of hydrogen-bond donors (Lipinski definition) is 0. The third kappa shape index (κ3) is 2.10. The summed E-state index contributed by atoms with van der Waals surface area (Å²) in [4.78, 5) is 4.22. The first-order valence-corrected chi connectivity index (χ1v) is 4.60. The zero-order valence-electron chi connectivity index (χ0n) is 8.64. The molecule has 4 heteroatoms. The first-order chi connectivity index (χ1) is 7.29. The normalized spacial score (nSPS) is 10.0. The second-order valence-electron chi connectivity index (χ2n) is 3.14. The highest BCUT2D eigenvalue weighted by molar-refractivity contribution is 5.53. The second kappa shape index (κ2) is 4.04. The second-order valence-corrected chi connectivity index (χ2v) is 3.14. The summed E-state index contributed by atoms with van der Waals surface area (Å²) in [6.45, 7) is 1.90. The first-order valence-electron chi connectivity index (χ1n) is 4.60. The lowest BCUT2D eigenvalue weighted by Gasteiger charge is -2.01. The molecule has 0 aromatic carbocycles. The summed E-state index contributed by atoms with van der Waals surface area (Å²) in [5.41, 5.74) is 2.46. The van der Waals surface area contributed by atoms with Crippen LogP contribution in [0.3, 0.4) is 0 Å². The third-order valence-electron chi connectivity index (χ3n) is 2.03. The van der Waals surface area contributed by atoms with Crippen LogP contribution in [0.2, 0.25) is 0 Å². The Labute approximate surface area is 88.0 Å². The number of nitrogens with zero attached hydrogens (tertiary/aromatic N) is 3. The number of ether oxygens (including phenoxy) is 1. The molecule has 0 radical (unpaired) electrons. The minimum Gasteiger partial charge on any atom is -0.495 e. The van der Waals surface area contributed by atoms with Gasteiger partial charge in [0.2, 0.25) is 0 Å². The average Bonchev–Trinajstić information content (AvgIpc) is 2.30. The average molecular weight is 201 g/mol. The first kappa shape index (κ1) is 9.58. The van der Waals surface area contributed by atoms with Crippen molar-refractivity contribution in [1.29, 1.82) is 0 Å². The molecule has 2 rings (SSSR count). The van der Waals surface area contributed by atoms with E-state index in [1.54, 1.807) is 13.3 Å². The van der Waals surface area contributed by atoms with E-state index in [1.165, 1.54) is 0 Å². The molecule has 0 fully saturated rings. The van der Waals surface area contributed by atoms with Gasteiger partial charge in [-0.25, -0.2) is 0 Å². The summed E-state index contributed by atoms with van der Waals surface area (Å²) in [5.74, 6) is 0.735. The molecule has 0 aliphatic rings. The van der Waals surface area contributed by atoms with Crippen molar-refractivity contribution >= 4 is 0 Å². The fraction of sp³-hybridized carbons (Fsp3) is 0.182. The van der Waals surface area contributed by atoms with E-state index in [0.29, 0.717) is 0 Å². The quantitative estimate of drug-likeness (QED) is 0.744. The topological polar surface area (TPSA) is 47.9 Å². The molecular weight excluding hydrogens is 190 g/mol. The Hall–Kier alpha value is -1.97. The number of aryl methyl sites for hydroxylation is 1. The monoisotopic (exact) mass is 201 g/mol. The summed E-state index contributed by atoms with van der Waals surface area (Å²) in [5, 5.41) is 8.03. The van der Waals surface area contributed by atoms with Gasteiger partial charge in [-0.2, -0.15) is 5.10 Å². The molecule has 0 atom stereocenters. The van der Waals surface area contributed by atoms with Gasteiger partial charge in [0, 0.05) is 0 Å². The molecule has 0 spiro atoms. The summed E-state index contributed by atoms with van der Waals surface area (Å²) in [6.07, 6.45) is 1.66. The fourth-order valence-electron chi connectivity index (χ4n) is 1.19. The lowest BCUT2D eigenvalue weighted by molar-refractivity contribution is 0.413. The molecule has 4 nitrogen and oxygen atoms in total. The van der Waals surface area contributed by atoms with Crippen LogP contribution < -0.4 is 4.74 Å². The van der Waals surface area contributed by atoms with E-state index in [4.69, 9.17) is 4.74 Å². The van der Waals surface area contributed by atoms with Crippen molar-refractivity contribution in [3.63, 3.8) is 0 Å². The number of rotatable bonds is 2. The predicted molar refractivity (Wildman–Crippen MR) is 56.6 cm³/mol. The molecule has 0 saturated heterocycles. The van der Waals surface area contributed by atoms with Gasteiger partial charge in [-0.15, -0.1) is 5.10 Å². The van der Waals surface area contributed by atoms with Crippen LogP contribution in [-0.2, 0) is 0 Å². The highest BCUT2D eigenvalue weighted by Gasteiger charge is 2.01. The highest BCUT2D eigenvalue weighted by atomic mass is 16.5. The zero-order chi connectivity index (χ0) is 10.7. The Morgan fingerprint density at radius 1 is 1.00 bits per heavy atom. The van der Waals surface area contributed by atoms with Crippen molar-refractivity contribution < 1.29 is 4.74 Å². The van der Waals surface area contributed by atoms with Crippen LogP contribution in [0.1, 0.15) is 5.69 Å². The van der Waals surface area contributed by atoms with Crippen LogP contribution in [-0.4, -0.2) is 22.3 Å². The van der Waals surface area contributed by atoms with Gasteiger partial charge in [0.25, 0.3) is 0 Å². The Bertz CT molecular complexity index is 436. The van der Waals surface area contributed by atoms with E-state index >= 15 is 0 Å². The van der Waals surface area contributed by atoms with Crippen molar-refractivity contribution in [3.05, 3.63) is 36.2 Å². The molecule has 15 heavy (non-hydrogen) atoms. The lowest BCUT2D eigenvalue weighted by atomic mass is 10.2. The molecule has 0 bridgehead atoms. The Morgan fingerprint density at radius 2 is 1.80 bits per heavy atom. The molecule has 0 aliphatic heterocycles. The van der Waals surface area contributed by atoms with Crippen molar-refractivity contribution in [2.24, 2.45) is 0 Å². The number of hydrogen-bond acceptors (Lipinski definition) is 4. The van der Waals surface area contributed by atoms with Crippen LogP contribution in [0.25, 0.3) is 11.4 Å². The molecule has 0 N–H and O–H groups in total. The van der Waals surface area contributed by atoms with E-state index in [2.05, 4.69) is 15.2 Å². The van der Waals surface area contributed by atoms with E-state index in [1.807, 2.05) is 31.2 Å². The maximum atomic E-state index is 5.03. The van der Waals surface area contributed by atoms with E-state index < -0.39 is 0 Å². The number of aromatic nitrogens is 3. The van der Waals surface area contributed by atoms with Crippen LogP contribution in [0.4, 0.5) is 0 Å². The molecule has 2 aromatic rings. The minimum absolute atomic E-state index is 0.735. The molecule has 0 amide bonds. The molecule has 2 heterocycles. The Morgan fingerprint density at radius 3 is 2.33 bits per heavy atom. The number of pyridine rings is 1. The third-order valence-corrected chi connectivity index (χ3v) is 2.03. The van der Waals surface area contributed by atoms with Gasteiger partial charge in [-0.05, 0) is 31.2 Å². The molecule has 0 aliphatic carbocycles. The predicted octanol–water partition coefficient (Wildman–Crippen LogP) is 1.86. The summed E-state index contributed by atoms with van der Waals surface area (Å²) >= 11 is 0. The van der Waals surface area contributed by atoms with Gasteiger partial charge >= 0.3 is 0 Å². The maximum absolute atomic E-state index is 5.03. The minimum atomic E-state index is 0.735. The van der Waals surface area contributed by atoms with Crippen molar-refractivity contribution in [2.45, 2.75) is 6.92 Å². The van der Waals surface area contributed by atoms with Gasteiger partial charge < -0.3 is 4.74 Å². The van der Waals surface area contributed by atoms with Gasteiger partial charge in [0.15, 0.2) is 0 Å². The smallest absolute Gasteiger partial charge is 0.137 e. The van der Waals surface area contributed by atoms with Crippen molar-refractivity contribution in [1.82, 2.24) is 15.2 Å². The van der Waals surface area contributed by atoms with Gasteiger partial charge in [0.1, 0.15) is 11.4 Å². The SMILES string of the molecule is COc1ccc(-c2ccc(C)nn2)nc1. The zero-order valence-corrected chi connectivity index (χ0v) is 8.64. The Kier molecular flexibility index (Phi) is 2.58. The van der Waals surface area contributed by atoms with Crippen molar-refractivity contribution in [2.75, 3.05) is 7.11 Å². The molecule has 0 saturated carbocycles. The Balaban J connectivity index is 2.33. The van der Waals surface area contributed by atoms with Crippen LogP contribution >= 0.6 is 0 Å². The summed E-state index contributed by atoms with van der Waals surface area (Å²) < 4.78 is 5.03. The van der Waals surface area contributed by atoms with E-state index in [0.717, 1.165) is 22.8 Å². The largest absolute Gasteiger partial charge is 0.495 e. The highest BCUT2D eigenvalue weighted by Crippen LogP contribution is 2.16. The van der Waals surface area contributed by atoms with E-state index in [9.17, 15) is 0 Å². The van der Waals surface area contributed by atoms with Gasteiger partial charge in [-0.1, -0.05) is 0 Å². The van der Waals surface area contributed by atoms with Crippen LogP contribution in [0.15, 0.2) is 30.5 Å². The van der Waals surface area contributed by atoms with Crippen LogP contribution in [0.5, 0.6) is 5.75 Å². The molecule has 2 aromatic heterocycles. The standard InChI is InChI=1S/C11H11N3O/c1-8-3-5-11(14-13-8)10-6-4-9(15-2)7-12-10/h3-7H,1-2H3. The number of methoxy groups -OCH3 is 1. The molecule has 0 unspecified atom stereocenters. The maximum Gasteiger partial charge on any atom is 0.137 e. The summed E-state index contributed by atoms with van der Waals surface area (Å²) in [7, 11) is 1.61. The molecular formula is C11H11N3O. The lowest BCUT2D eigenvalue weighted by Crippen LogP contribution is -1.92. The van der Waals surface area contributed by atoms with Crippen molar-refractivity contribution in [3.8, 4) is 17.1 Å². The van der Waals surface area contributed by atoms with Crippen LogP contribution in [0, 0.1) is 6.92 Å². The molecule has 76 valence electrons. The summed E-state index contributed by atoms with van der Waals surface area (Å²) in [6, 6.07) is 7.52. The van der Waals surface area contributed by atoms with Gasteiger partial charge in [-0.3, -0.25) is 4.98 Å². The van der Waals surface area contributed by atoms with Gasteiger partial charge in [0.05, 0.1) is 24.7 Å².